The van der Waals surface area contributed by atoms with Crippen molar-refractivity contribution in [2.24, 2.45) is 0 Å². The summed E-state index contributed by atoms with van der Waals surface area (Å²) in [6, 6.07) is 0.603. The fourth-order valence-corrected chi connectivity index (χ4v) is 5.93. The van der Waals surface area contributed by atoms with E-state index in [-0.39, 0.29) is 22.8 Å². The van der Waals surface area contributed by atoms with Crippen LogP contribution in [0, 0.1) is 0 Å². The molecule has 0 unspecified atom stereocenters. The van der Waals surface area contributed by atoms with Gasteiger partial charge in [-0.2, -0.15) is 0 Å². The second kappa shape index (κ2) is 8.10. The van der Waals surface area contributed by atoms with Gasteiger partial charge in [0, 0.05) is 13.0 Å². The van der Waals surface area contributed by atoms with E-state index in [1.165, 1.54) is 6.92 Å². The Morgan fingerprint density at radius 3 is 1.39 bits per heavy atom. The lowest BCUT2D eigenvalue weighted by atomic mass is 10.2. The van der Waals surface area contributed by atoms with Gasteiger partial charge in [0.2, 0.25) is 0 Å². The van der Waals surface area contributed by atoms with E-state index in [4.69, 9.17) is 18.0 Å². The smallest absolute Gasteiger partial charge is 0.466 e. The molecule has 0 saturated carbocycles. The predicted molar refractivity (Wildman–Crippen MR) is 94.3 cm³/mol. The second-order valence-electron chi connectivity index (χ2n) is 8.77. The molecule has 0 aliphatic heterocycles. The molecule has 23 heavy (non-hydrogen) atoms. The lowest BCUT2D eigenvalue weighted by molar-refractivity contribution is -0.141. The molecule has 0 aliphatic rings. The first-order chi connectivity index (χ1) is 10.0. The van der Waals surface area contributed by atoms with Crippen LogP contribution in [0.15, 0.2) is 0 Å². The van der Waals surface area contributed by atoms with Crippen LogP contribution in [0.3, 0.4) is 0 Å². The third-order valence-electron chi connectivity index (χ3n) is 2.32. The lowest BCUT2D eigenvalue weighted by Gasteiger charge is -2.43. The molecule has 0 saturated heterocycles. The Hall–Kier alpha value is -0.433. The van der Waals surface area contributed by atoms with Crippen molar-refractivity contribution in [3.63, 3.8) is 0 Å². The van der Waals surface area contributed by atoms with Gasteiger partial charge in [-0.15, -0.1) is 0 Å². The van der Waals surface area contributed by atoms with Crippen LogP contribution < -0.4 is 0 Å². The molecule has 0 aromatic rings. The molecule has 0 amide bonds. The van der Waals surface area contributed by atoms with E-state index in [1.54, 1.807) is 0 Å². The molecular formula is C17H36O5Si. The van der Waals surface area contributed by atoms with E-state index in [0.717, 1.165) is 0 Å². The van der Waals surface area contributed by atoms with Crippen molar-refractivity contribution in [3.8, 4) is 0 Å². The summed E-state index contributed by atoms with van der Waals surface area (Å²) in [4.78, 5) is 11.0. The quantitative estimate of drug-likeness (QED) is 0.389. The van der Waals surface area contributed by atoms with E-state index in [2.05, 4.69) is 0 Å². The van der Waals surface area contributed by atoms with Gasteiger partial charge in [0.05, 0.1) is 23.4 Å². The van der Waals surface area contributed by atoms with Gasteiger partial charge in [-0.25, -0.2) is 0 Å². The number of rotatable bonds is 7. The maximum absolute atomic E-state index is 11.0. The molecule has 0 fully saturated rings. The minimum absolute atomic E-state index is 0.275. The standard InChI is InChI=1S/C17H36O5Si/c1-14(18)19-12-11-13-23(20-15(2,3)4,21-16(5,6)7)22-17(8,9)10/h11-13H2,1-10H3. The average molecular weight is 349 g/mol. The van der Waals surface area contributed by atoms with E-state index in [1.807, 2.05) is 62.3 Å². The number of carbonyl (C=O) groups is 1. The Labute approximate surface area is 143 Å². The molecule has 5 nitrogen and oxygen atoms in total. The molecule has 0 spiro atoms. The van der Waals surface area contributed by atoms with E-state index in [0.29, 0.717) is 19.1 Å². The summed E-state index contributed by atoms with van der Waals surface area (Å²) in [7, 11) is -2.97. The predicted octanol–water partition coefficient (Wildman–Crippen LogP) is 4.32. The van der Waals surface area contributed by atoms with Gasteiger partial charge in [0.15, 0.2) is 0 Å². The fraction of sp³-hybridized carbons (Fsp3) is 0.941. The zero-order valence-corrected chi connectivity index (χ0v) is 17.7. The Morgan fingerprint density at radius 1 is 0.783 bits per heavy atom. The van der Waals surface area contributed by atoms with Crippen LogP contribution >= 0.6 is 0 Å². The Balaban J connectivity index is 5.32. The first-order valence-corrected chi connectivity index (χ1v) is 10.2. The summed E-state index contributed by atoms with van der Waals surface area (Å²) in [5, 5.41) is 0. The highest BCUT2D eigenvalue weighted by Crippen LogP contribution is 2.32. The van der Waals surface area contributed by atoms with Crippen molar-refractivity contribution in [1.29, 1.82) is 0 Å². The van der Waals surface area contributed by atoms with Crippen molar-refractivity contribution >= 4 is 14.8 Å². The Kier molecular flexibility index (Phi) is 7.94. The Bertz CT molecular complexity index is 333. The van der Waals surface area contributed by atoms with Crippen molar-refractivity contribution in [2.75, 3.05) is 6.61 Å². The van der Waals surface area contributed by atoms with Crippen LogP contribution in [-0.4, -0.2) is 38.2 Å². The van der Waals surface area contributed by atoms with E-state index in [9.17, 15) is 4.79 Å². The van der Waals surface area contributed by atoms with Gasteiger partial charge in [-0.3, -0.25) is 4.79 Å². The average Bonchev–Trinajstić information content (AvgIpc) is 2.16. The highest BCUT2D eigenvalue weighted by molar-refractivity contribution is 6.61. The highest BCUT2D eigenvalue weighted by atomic mass is 28.4. The first kappa shape index (κ1) is 22.6. The maximum atomic E-state index is 11.0. The molecule has 0 bridgehead atoms. The molecule has 0 aromatic heterocycles. The monoisotopic (exact) mass is 348 g/mol. The third-order valence-corrected chi connectivity index (χ3v) is 6.05. The topological polar surface area (TPSA) is 54.0 Å². The molecule has 0 heterocycles. The molecule has 138 valence electrons. The van der Waals surface area contributed by atoms with Crippen LogP contribution in [0.25, 0.3) is 0 Å². The van der Waals surface area contributed by atoms with Crippen LogP contribution in [-0.2, 0) is 22.8 Å². The summed E-state index contributed by atoms with van der Waals surface area (Å²) < 4.78 is 24.1. The number of hydrogen-bond donors (Lipinski definition) is 0. The number of hydrogen-bond acceptors (Lipinski definition) is 5. The van der Waals surface area contributed by atoms with Crippen molar-refractivity contribution < 1.29 is 22.8 Å². The first-order valence-electron chi connectivity index (χ1n) is 8.28. The van der Waals surface area contributed by atoms with E-state index < -0.39 is 8.80 Å². The molecular weight excluding hydrogens is 312 g/mol. The molecule has 0 atom stereocenters. The molecule has 0 radical (unpaired) electrons. The normalized spacial score (nSPS) is 14.0. The van der Waals surface area contributed by atoms with Crippen LogP contribution in [0.4, 0.5) is 0 Å². The molecule has 0 rings (SSSR count). The summed E-state index contributed by atoms with van der Waals surface area (Å²) >= 11 is 0. The van der Waals surface area contributed by atoms with Crippen molar-refractivity contribution in [3.05, 3.63) is 0 Å². The number of carbonyl (C=O) groups excluding carboxylic acids is 1. The molecule has 0 N–H and O–H groups in total. The van der Waals surface area contributed by atoms with Crippen LogP contribution in [0.1, 0.15) is 75.7 Å². The molecule has 0 aromatic carbocycles. The number of esters is 1. The van der Waals surface area contributed by atoms with Crippen LogP contribution in [0.2, 0.25) is 6.04 Å². The van der Waals surface area contributed by atoms with Gasteiger partial charge >= 0.3 is 14.8 Å². The van der Waals surface area contributed by atoms with Gasteiger partial charge < -0.3 is 18.0 Å². The summed E-state index contributed by atoms with van der Waals surface area (Å²) in [6.45, 7) is 19.7. The minimum Gasteiger partial charge on any atom is -0.466 e. The number of ether oxygens (including phenoxy) is 1. The zero-order chi connectivity index (χ0) is 18.5. The second-order valence-corrected chi connectivity index (χ2v) is 11.2. The van der Waals surface area contributed by atoms with Gasteiger partial charge in [-0.05, 0) is 68.7 Å². The van der Waals surface area contributed by atoms with Gasteiger partial charge in [0.25, 0.3) is 0 Å². The van der Waals surface area contributed by atoms with Crippen molar-refractivity contribution in [2.45, 2.75) is 98.5 Å². The fourth-order valence-electron chi connectivity index (χ4n) is 2.12. The molecule has 0 aliphatic carbocycles. The lowest BCUT2D eigenvalue weighted by Crippen LogP contribution is -2.57. The van der Waals surface area contributed by atoms with Gasteiger partial charge in [-0.1, -0.05) is 0 Å². The van der Waals surface area contributed by atoms with Gasteiger partial charge in [0.1, 0.15) is 0 Å². The summed E-state index contributed by atoms with van der Waals surface area (Å²) in [6.07, 6.45) is 0.647. The zero-order valence-electron chi connectivity index (χ0n) is 16.7. The van der Waals surface area contributed by atoms with E-state index >= 15 is 0 Å². The third kappa shape index (κ3) is 12.6. The van der Waals surface area contributed by atoms with Crippen molar-refractivity contribution in [1.82, 2.24) is 0 Å². The van der Waals surface area contributed by atoms with Crippen LogP contribution in [0.5, 0.6) is 0 Å². The highest BCUT2D eigenvalue weighted by Gasteiger charge is 2.49. The largest absolute Gasteiger partial charge is 0.502 e. The minimum atomic E-state index is -2.97. The summed E-state index contributed by atoms with van der Waals surface area (Å²) in [5.41, 5.74) is -1.15. The summed E-state index contributed by atoms with van der Waals surface area (Å²) in [5.74, 6) is -0.275. The SMILES string of the molecule is CC(=O)OCCC[Si](OC(C)(C)C)(OC(C)(C)C)OC(C)(C)C. The maximum Gasteiger partial charge on any atom is 0.502 e. The molecule has 6 heteroatoms. The Morgan fingerprint density at radius 2 is 1.13 bits per heavy atom.